The minimum Gasteiger partial charge on any atom is -0.325 e. The molecule has 0 unspecified atom stereocenters. The lowest BCUT2D eigenvalue weighted by Crippen LogP contribution is -2.27. The van der Waals surface area contributed by atoms with Crippen LogP contribution in [0.5, 0.6) is 0 Å². The van der Waals surface area contributed by atoms with Crippen LogP contribution in [-0.2, 0) is 16.6 Å². The summed E-state index contributed by atoms with van der Waals surface area (Å²) >= 11 is 0. The van der Waals surface area contributed by atoms with E-state index < -0.39 is 15.8 Å². The molecule has 0 N–H and O–H groups in total. The molecule has 1 aliphatic rings. The van der Waals surface area contributed by atoms with Crippen LogP contribution in [0.3, 0.4) is 0 Å². The van der Waals surface area contributed by atoms with E-state index in [1.54, 1.807) is 36.5 Å². The molecule has 126 valence electrons. The van der Waals surface area contributed by atoms with Crippen LogP contribution in [0.2, 0.25) is 0 Å². The fourth-order valence-corrected chi connectivity index (χ4v) is 4.27. The minimum atomic E-state index is -4.17. The fraction of sp³-hybridized carbons (Fsp3) is 0.0556. The second-order valence-corrected chi connectivity index (χ2v) is 7.30. The molecule has 2 heterocycles. The first-order valence-electron chi connectivity index (χ1n) is 7.66. The SMILES string of the molecule is O=S(=O)(c1ccccc1F)N(c1ccccc1)c1cn2c(n1)C=CC2. The number of imidazole rings is 1. The van der Waals surface area contributed by atoms with Crippen LogP contribution in [0, 0.1) is 5.82 Å². The lowest BCUT2D eigenvalue weighted by molar-refractivity contribution is 0.567. The van der Waals surface area contributed by atoms with Crippen LogP contribution >= 0.6 is 0 Å². The molecule has 1 aromatic heterocycles. The van der Waals surface area contributed by atoms with Gasteiger partial charge in [-0.1, -0.05) is 36.4 Å². The van der Waals surface area contributed by atoms with E-state index >= 15 is 0 Å². The third kappa shape index (κ3) is 2.62. The number of aromatic nitrogens is 2. The van der Waals surface area contributed by atoms with Crippen molar-refractivity contribution in [2.75, 3.05) is 4.31 Å². The van der Waals surface area contributed by atoms with Crippen molar-refractivity contribution in [3.05, 3.63) is 78.5 Å². The number of para-hydroxylation sites is 1. The molecule has 0 spiro atoms. The first-order chi connectivity index (χ1) is 12.1. The highest BCUT2D eigenvalue weighted by Gasteiger charge is 2.31. The number of fused-ring (bicyclic) bond motifs is 1. The Balaban J connectivity index is 1.92. The molecule has 7 heteroatoms. The van der Waals surface area contributed by atoms with Crippen molar-refractivity contribution in [3.63, 3.8) is 0 Å². The molecule has 0 radical (unpaired) electrons. The monoisotopic (exact) mass is 355 g/mol. The Kier molecular flexibility index (Phi) is 3.65. The van der Waals surface area contributed by atoms with Gasteiger partial charge >= 0.3 is 0 Å². The van der Waals surface area contributed by atoms with E-state index in [0.717, 1.165) is 10.4 Å². The van der Waals surface area contributed by atoms with Crippen LogP contribution in [-0.4, -0.2) is 18.0 Å². The average molecular weight is 355 g/mol. The Morgan fingerprint density at radius 2 is 1.76 bits per heavy atom. The van der Waals surface area contributed by atoms with Crippen LogP contribution in [0.25, 0.3) is 6.08 Å². The summed E-state index contributed by atoms with van der Waals surface area (Å²) in [5.41, 5.74) is 0.395. The van der Waals surface area contributed by atoms with Crippen molar-refractivity contribution < 1.29 is 12.8 Å². The molecule has 0 bridgehead atoms. The molecule has 4 rings (SSSR count). The van der Waals surface area contributed by atoms with Gasteiger partial charge in [0.15, 0.2) is 5.82 Å². The topological polar surface area (TPSA) is 55.2 Å². The first-order valence-corrected chi connectivity index (χ1v) is 9.10. The molecule has 3 aromatic rings. The van der Waals surface area contributed by atoms with E-state index in [9.17, 15) is 12.8 Å². The lowest BCUT2D eigenvalue weighted by Gasteiger charge is -2.22. The number of sulfonamides is 1. The van der Waals surface area contributed by atoms with Crippen LogP contribution in [0.1, 0.15) is 5.82 Å². The number of hydrogen-bond acceptors (Lipinski definition) is 3. The fourth-order valence-electron chi connectivity index (χ4n) is 2.77. The normalized spacial score (nSPS) is 13.0. The summed E-state index contributed by atoms with van der Waals surface area (Å²) in [7, 11) is -4.17. The van der Waals surface area contributed by atoms with E-state index in [1.807, 2.05) is 16.7 Å². The van der Waals surface area contributed by atoms with Crippen LogP contribution in [0.4, 0.5) is 15.9 Å². The van der Waals surface area contributed by atoms with Crippen LogP contribution in [0.15, 0.2) is 71.8 Å². The summed E-state index contributed by atoms with van der Waals surface area (Å²) in [4.78, 5) is 4.00. The van der Waals surface area contributed by atoms with Gasteiger partial charge in [0, 0.05) is 12.7 Å². The molecule has 0 saturated carbocycles. The highest BCUT2D eigenvalue weighted by Crippen LogP contribution is 2.33. The van der Waals surface area contributed by atoms with Gasteiger partial charge in [-0.15, -0.1) is 0 Å². The van der Waals surface area contributed by atoms with Crippen molar-refractivity contribution in [2.24, 2.45) is 0 Å². The Bertz CT molecular complexity index is 1060. The van der Waals surface area contributed by atoms with E-state index in [2.05, 4.69) is 4.98 Å². The van der Waals surface area contributed by atoms with Gasteiger partial charge in [-0.25, -0.2) is 22.1 Å². The summed E-state index contributed by atoms with van der Waals surface area (Å²) in [5.74, 6) is 0.101. The second-order valence-electron chi connectivity index (χ2n) is 5.55. The van der Waals surface area contributed by atoms with Gasteiger partial charge in [0.25, 0.3) is 10.0 Å². The molecule has 1 aliphatic heterocycles. The predicted molar refractivity (Wildman–Crippen MR) is 93.4 cm³/mol. The van der Waals surface area contributed by atoms with E-state index in [-0.39, 0.29) is 10.7 Å². The average Bonchev–Trinajstić information content (AvgIpc) is 3.18. The number of benzene rings is 2. The van der Waals surface area contributed by atoms with E-state index in [4.69, 9.17) is 0 Å². The zero-order valence-corrected chi connectivity index (χ0v) is 13.9. The number of halogens is 1. The lowest BCUT2D eigenvalue weighted by atomic mass is 10.3. The van der Waals surface area contributed by atoms with Crippen molar-refractivity contribution in [2.45, 2.75) is 11.4 Å². The minimum absolute atomic E-state index is 0.230. The third-order valence-electron chi connectivity index (χ3n) is 3.92. The molecule has 0 atom stereocenters. The number of hydrogen-bond donors (Lipinski definition) is 0. The molecule has 0 fully saturated rings. The van der Waals surface area contributed by atoms with Gasteiger partial charge in [0.2, 0.25) is 0 Å². The van der Waals surface area contributed by atoms with Crippen LogP contribution < -0.4 is 4.31 Å². The molecule has 25 heavy (non-hydrogen) atoms. The van der Waals surface area contributed by atoms with Crippen molar-refractivity contribution in [1.82, 2.24) is 9.55 Å². The van der Waals surface area contributed by atoms with Crippen molar-refractivity contribution in [3.8, 4) is 0 Å². The number of rotatable bonds is 4. The summed E-state index contributed by atoms with van der Waals surface area (Å²) in [6.07, 6.45) is 5.41. The first kappa shape index (κ1) is 15.6. The maximum Gasteiger partial charge on any atom is 0.272 e. The van der Waals surface area contributed by atoms with Gasteiger partial charge in [-0.2, -0.15) is 0 Å². The Labute approximate surface area is 144 Å². The van der Waals surface area contributed by atoms with Gasteiger partial charge in [0.05, 0.1) is 5.69 Å². The number of anilines is 2. The van der Waals surface area contributed by atoms with E-state index in [0.29, 0.717) is 18.1 Å². The molecule has 0 aliphatic carbocycles. The van der Waals surface area contributed by atoms with Crippen molar-refractivity contribution >= 4 is 27.6 Å². The van der Waals surface area contributed by atoms with Gasteiger partial charge < -0.3 is 4.57 Å². The van der Waals surface area contributed by atoms with Gasteiger partial charge in [-0.05, 0) is 30.3 Å². The van der Waals surface area contributed by atoms with Gasteiger partial charge in [0.1, 0.15) is 16.5 Å². The molecule has 5 nitrogen and oxygen atoms in total. The highest BCUT2D eigenvalue weighted by atomic mass is 32.2. The molecule has 0 amide bonds. The Morgan fingerprint density at radius 1 is 1.04 bits per heavy atom. The summed E-state index contributed by atoms with van der Waals surface area (Å²) in [6.45, 7) is 0.630. The summed E-state index contributed by atoms with van der Waals surface area (Å²) in [6, 6.07) is 13.9. The molecule has 2 aromatic carbocycles. The molecule has 0 saturated heterocycles. The number of allylic oxidation sites excluding steroid dienone is 1. The summed E-state index contributed by atoms with van der Waals surface area (Å²) in [5, 5.41) is 0. The van der Waals surface area contributed by atoms with E-state index in [1.165, 1.54) is 18.2 Å². The standard InChI is InChI=1S/C18H14FN3O2S/c19-15-9-4-5-10-16(15)25(23,24)22(14-7-2-1-3-8-14)18-13-21-12-6-11-17(21)20-18/h1-11,13H,12H2. The third-order valence-corrected chi connectivity index (χ3v) is 5.68. The quantitative estimate of drug-likeness (QED) is 0.719. The maximum atomic E-state index is 14.2. The number of nitrogens with zero attached hydrogens (tertiary/aromatic N) is 3. The highest BCUT2D eigenvalue weighted by molar-refractivity contribution is 7.93. The zero-order valence-electron chi connectivity index (χ0n) is 13.1. The predicted octanol–water partition coefficient (Wildman–Crippen LogP) is 3.58. The zero-order chi connectivity index (χ0) is 17.4. The van der Waals surface area contributed by atoms with Gasteiger partial charge in [-0.3, -0.25) is 0 Å². The second kappa shape index (κ2) is 5.86. The summed E-state index contributed by atoms with van der Waals surface area (Å²) < 4.78 is 43.5. The largest absolute Gasteiger partial charge is 0.325 e. The molecular formula is C18H14FN3O2S. The Morgan fingerprint density at radius 3 is 2.48 bits per heavy atom. The van der Waals surface area contributed by atoms with Crippen molar-refractivity contribution in [1.29, 1.82) is 0 Å². The maximum absolute atomic E-state index is 14.2. The molecular weight excluding hydrogens is 341 g/mol. The Hall–Kier alpha value is -2.93. The smallest absolute Gasteiger partial charge is 0.272 e.